The van der Waals surface area contributed by atoms with Gasteiger partial charge >= 0.3 is 0 Å². The maximum Gasteiger partial charge on any atom is 0.154 e. The Morgan fingerprint density at radius 3 is 2.15 bits per heavy atom. The first-order valence-corrected chi connectivity index (χ1v) is 4.31. The van der Waals surface area contributed by atoms with Crippen LogP contribution in [0.3, 0.4) is 0 Å². The zero-order chi connectivity index (χ0) is 10.2. The van der Waals surface area contributed by atoms with Gasteiger partial charge in [0.05, 0.1) is 5.56 Å². The Balaban J connectivity index is 3.66. The quantitative estimate of drug-likeness (QED) is 0.705. The average Bonchev–Trinajstić information content (AvgIpc) is 2.13. The summed E-state index contributed by atoms with van der Waals surface area (Å²) in [6.45, 7) is 5.28. The van der Waals surface area contributed by atoms with Crippen LogP contribution < -0.4 is 0 Å². The molecule has 0 atom stereocenters. The number of aldehydes is 1. The first-order chi connectivity index (χ1) is 6.00. The van der Waals surface area contributed by atoms with Crippen LogP contribution >= 0.6 is 11.6 Å². The van der Waals surface area contributed by atoms with Gasteiger partial charge in [0.25, 0.3) is 0 Å². The Morgan fingerprint density at radius 1 is 1.15 bits per heavy atom. The van der Waals surface area contributed by atoms with Crippen molar-refractivity contribution in [2.75, 3.05) is 0 Å². The summed E-state index contributed by atoms with van der Waals surface area (Å²) in [5.41, 5.74) is 2.41. The number of hydrogen-bond acceptors (Lipinski definition) is 2. The van der Waals surface area contributed by atoms with Gasteiger partial charge in [-0.05, 0) is 37.5 Å². The van der Waals surface area contributed by atoms with E-state index in [-0.39, 0.29) is 11.3 Å². The summed E-state index contributed by atoms with van der Waals surface area (Å²) >= 11 is 5.97. The van der Waals surface area contributed by atoms with Gasteiger partial charge in [0, 0.05) is 5.02 Å². The Kier molecular flexibility index (Phi) is 2.62. The van der Waals surface area contributed by atoms with Gasteiger partial charge < -0.3 is 5.11 Å². The zero-order valence-corrected chi connectivity index (χ0v) is 8.57. The lowest BCUT2D eigenvalue weighted by Gasteiger charge is -2.11. The van der Waals surface area contributed by atoms with Crippen molar-refractivity contribution in [2.45, 2.75) is 20.8 Å². The minimum Gasteiger partial charge on any atom is -0.507 e. The second kappa shape index (κ2) is 3.38. The highest BCUT2D eigenvalue weighted by atomic mass is 35.5. The lowest BCUT2D eigenvalue weighted by Crippen LogP contribution is -1.95. The molecule has 0 heterocycles. The van der Waals surface area contributed by atoms with Crippen molar-refractivity contribution in [3.63, 3.8) is 0 Å². The molecule has 0 radical (unpaired) electrons. The SMILES string of the molecule is Cc1c(C)c(Cl)c(C)c(C=O)c1O. The summed E-state index contributed by atoms with van der Waals surface area (Å²) in [7, 11) is 0. The van der Waals surface area contributed by atoms with Gasteiger partial charge in [-0.25, -0.2) is 0 Å². The summed E-state index contributed by atoms with van der Waals surface area (Å²) in [6.07, 6.45) is 0.628. The lowest BCUT2D eigenvalue weighted by atomic mass is 10.00. The topological polar surface area (TPSA) is 37.3 Å². The molecule has 0 saturated carbocycles. The lowest BCUT2D eigenvalue weighted by molar-refractivity contribution is 0.112. The molecule has 2 nitrogen and oxygen atoms in total. The fraction of sp³-hybridized carbons (Fsp3) is 0.300. The smallest absolute Gasteiger partial charge is 0.154 e. The Bertz CT molecular complexity index is 341. The predicted octanol–water partition coefficient (Wildman–Crippen LogP) is 2.78. The molecule has 0 aliphatic carbocycles. The van der Waals surface area contributed by atoms with E-state index in [9.17, 15) is 9.90 Å². The van der Waals surface area contributed by atoms with Crippen LogP contribution in [0.4, 0.5) is 0 Å². The van der Waals surface area contributed by atoms with E-state index in [1.165, 1.54) is 0 Å². The highest BCUT2D eigenvalue weighted by molar-refractivity contribution is 6.32. The number of halogens is 1. The molecule has 1 aromatic carbocycles. The zero-order valence-electron chi connectivity index (χ0n) is 7.81. The number of aromatic hydroxyl groups is 1. The van der Waals surface area contributed by atoms with Gasteiger partial charge in [-0.3, -0.25) is 4.79 Å². The number of phenols is 1. The number of rotatable bonds is 1. The number of hydrogen-bond donors (Lipinski definition) is 1. The van der Waals surface area contributed by atoms with Gasteiger partial charge in [0.1, 0.15) is 5.75 Å². The minimum atomic E-state index is 0.0365. The van der Waals surface area contributed by atoms with Crippen molar-refractivity contribution < 1.29 is 9.90 Å². The van der Waals surface area contributed by atoms with E-state index in [0.29, 0.717) is 22.4 Å². The maximum atomic E-state index is 10.6. The molecule has 0 unspecified atom stereocenters. The van der Waals surface area contributed by atoms with Gasteiger partial charge in [-0.2, -0.15) is 0 Å². The summed E-state index contributed by atoms with van der Waals surface area (Å²) < 4.78 is 0. The fourth-order valence-corrected chi connectivity index (χ4v) is 1.51. The molecule has 0 aliphatic rings. The van der Waals surface area contributed by atoms with Crippen LogP contribution in [0.25, 0.3) is 0 Å². The van der Waals surface area contributed by atoms with Crippen molar-refractivity contribution in [2.24, 2.45) is 0 Å². The molecule has 0 aliphatic heterocycles. The van der Waals surface area contributed by atoms with Crippen LogP contribution in [-0.2, 0) is 0 Å². The second-order valence-corrected chi connectivity index (χ2v) is 3.45. The number of phenolic OH excluding ortho intramolecular Hbond substituents is 1. The number of carbonyl (C=O) groups is 1. The molecule has 0 spiro atoms. The standard InChI is InChI=1S/C10H11ClO2/c1-5-6(2)10(13)8(4-12)7(3)9(5)11/h4,13H,1-3H3. The van der Waals surface area contributed by atoms with E-state index in [1.807, 2.05) is 6.92 Å². The normalized spacial score (nSPS) is 10.2. The number of benzene rings is 1. The summed E-state index contributed by atoms with van der Waals surface area (Å²) in [6, 6.07) is 0. The largest absolute Gasteiger partial charge is 0.507 e. The molecular weight excluding hydrogens is 188 g/mol. The van der Waals surface area contributed by atoms with Crippen molar-refractivity contribution in [3.8, 4) is 5.75 Å². The molecule has 1 rings (SSSR count). The molecule has 1 aromatic rings. The van der Waals surface area contributed by atoms with Gasteiger partial charge in [0.2, 0.25) is 0 Å². The van der Waals surface area contributed by atoms with Gasteiger partial charge in [-0.15, -0.1) is 0 Å². The van der Waals surface area contributed by atoms with Crippen molar-refractivity contribution in [3.05, 3.63) is 27.3 Å². The molecule has 0 saturated heterocycles. The second-order valence-electron chi connectivity index (χ2n) is 3.07. The fourth-order valence-electron chi connectivity index (χ4n) is 1.27. The van der Waals surface area contributed by atoms with E-state index in [2.05, 4.69) is 0 Å². The third-order valence-electron chi connectivity index (χ3n) is 2.35. The summed E-state index contributed by atoms with van der Waals surface area (Å²) in [5, 5.41) is 10.1. The average molecular weight is 199 g/mol. The third-order valence-corrected chi connectivity index (χ3v) is 2.92. The Morgan fingerprint density at radius 2 is 1.69 bits per heavy atom. The molecule has 0 bridgehead atoms. The van der Waals surface area contributed by atoms with Crippen LogP contribution in [-0.4, -0.2) is 11.4 Å². The Hall–Kier alpha value is -1.02. The molecule has 13 heavy (non-hydrogen) atoms. The summed E-state index contributed by atoms with van der Waals surface area (Å²) in [5.74, 6) is 0.0365. The molecule has 0 amide bonds. The van der Waals surface area contributed by atoms with Crippen molar-refractivity contribution in [1.29, 1.82) is 0 Å². The molecule has 1 N–H and O–H groups in total. The first kappa shape index (κ1) is 10.1. The van der Waals surface area contributed by atoms with Gasteiger partial charge in [-0.1, -0.05) is 11.6 Å². The highest BCUT2D eigenvalue weighted by Crippen LogP contribution is 2.33. The van der Waals surface area contributed by atoms with Crippen LogP contribution in [0.15, 0.2) is 0 Å². The van der Waals surface area contributed by atoms with Crippen molar-refractivity contribution >= 4 is 17.9 Å². The van der Waals surface area contributed by atoms with E-state index in [0.717, 1.165) is 5.56 Å². The van der Waals surface area contributed by atoms with E-state index in [1.54, 1.807) is 13.8 Å². The third kappa shape index (κ3) is 1.42. The van der Waals surface area contributed by atoms with E-state index < -0.39 is 0 Å². The van der Waals surface area contributed by atoms with Gasteiger partial charge in [0.15, 0.2) is 6.29 Å². The molecule has 0 aromatic heterocycles. The van der Waals surface area contributed by atoms with Crippen LogP contribution in [0.2, 0.25) is 5.02 Å². The van der Waals surface area contributed by atoms with Crippen LogP contribution in [0, 0.1) is 20.8 Å². The number of carbonyl (C=O) groups excluding carboxylic acids is 1. The van der Waals surface area contributed by atoms with E-state index >= 15 is 0 Å². The minimum absolute atomic E-state index is 0.0365. The van der Waals surface area contributed by atoms with Crippen LogP contribution in [0.1, 0.15) is 27.0 Å². The predicted molar refractivity (Wildman–Crippen MR) is 52.7 cm³/mol. The summed E-state index contributed by atoms with van der Waals surface area (Å²) in [4.78, 5) is 10.6. The molecule has 0 fully saturated rings. The molecular formula is C10H11ClO2. The maximum absolute atomic E-state index is 10.6. The van der Waals surface area contributed by atoms with E-state index in [4.69, 9.17) is 11.6 Å². The molecule has 3 heteroatoms. The molecule has 70 valence electrons. The Labute approximate surface area is 82.2 Å². The van der Waals surface area contributed by atoms with Crippen molar-refractivity contribution in [1.82, 2.24) is 0 Å². The van der Waals surface area contributed by atoms with Crippen LogP contribution in [0.5, 0.6) is 5.75 Å². The first-order valence-electron chi connectivity index (χ1n) is 3.94. The monoisotopic (exact) mass is 198 g/mol. The highest BCUT2D eigenvalue weighted by Gasteiger charge is 2.14.